The lowest BCUT2D eigenvalue weighted by molar-refractivity contribution is -0.137. The van der Waals surface area contributed by atoms with Crippen molar-refractivity contribution >= 4 is 29.3 Å². The summed E-state index contributed by atoms with van der Waals surface area (Å²) in [5.41, 5.74) is 1.40. The molecule has 2 heterocycles. The molecular weight excluding hydrogens is 292 g/mol. The summed E-state index contributed by atoms with van der Waals surface area (Å²) in [6.45, 7) is 2.04. The maximum Gasteiger partial charge on any atom is 0.316 e. The van der Waals surface area contributed by atoms with Crippen LogP contribution in [0.2, 0.25) is 0 Å². The third kappa shape index (κ3) is 2.76. The van der Waals surface area contributed by atoms with E-state index in [0.717, 1.165) is 12.1 Å². The molecule has 7 nitrogen and oxygen atoms in total. The van der Waals surface area contributed by atoms with Gasteiger partial charge in [-0.3, -0.25) is 9.59 Å². The zero-order chi connectivity index (χ0) is 15.0. The van der Waals surface area contributed by atoms with Crippen LogP contribution < -0.4 is 0 Å². The molecule has 8 heteroatoms. The van der Waals surface area contributed by atoms with Gasteiger partial charge in [0.05, 0.1) is 24.1 Å². The molecule has 1 unspecified atom stereocenters. The molecule has 2 aromatic heterocycles. The van der Waals surface area contributed by atoms with Crippen LogP contribution in [0.4, 0.5) is 0 Å². The fraction of sp³-hybridized carbons (Fsp3) is 0.462. The molecule has 1 aliphatic rings. The van der Waals surface area contributed by atoms with E-state index in [0.29, 0.717) is 28.8 Å². The van der Waals surface area contributed by atoms with E-state index in [2.05, 4.69) is 19.8 Å². The molecule has 110 valence electrons. The van der Waals surface area contributed by atoms with Gasteiger partial charge in [-0.05, 0) is 12.3 Å². The van der Waals surface area contributed by atoms with Crippen molar-refractivity contribution in [1.82, 2.24) is 19.6 Å². The van der Waals surface area contributed by atoms with Crippen LogP contribution in [0.5, 0.6) is 0 Å². The first kappa shape index (κ1) is 14.0. The number of rotatable bonds is 3. The summed E-state index contributed by atoms with van der Waals surface area (Å²) in [5.74, 6) is 0.648. The van der Waals surface area contributed by atoms with Crippen molar-refractivity contribution in [3.8, 4) is 0 Å². The number of aromatic nitrogens is 4. The predicted octanol–water partition coefficient (Wildman–Crippen LogP) is 1.15. The number of ether oxygens (including phenoxy) is 1. The highest BCUT2D eigenvalue weighted by Crippen LogP contribution is 2.24. The van der Waals surface area contributed by atoms with Crippen LogP contribution in [0, 0.1) is 5.92 Å². The number of methoxy groups -OCH3 is 1. The number of nitrogens with zero attached hydrogens (tertiary/aromatic N) is 4. The van der Waals surface area contributed by atoms with E-state index in [9.17, 15) is 9.59 Å². The van der Waals surface area contributed by atoms with Gasteiger partial charge in [-0.1, -0.05) is 18.7 Å². The molecule has 0 bridgehead atoms. The number of carbonyl (C=O) groups excluding carboxylic acids is 2. The van der Waals surface area contributed by atoms with E-state index < -0.39 is 0 Å². The van der Waals surface area contributed by atoms with Crippen LogP contribution in [-0.4, -0.2) is 44.2 Å². The topological polar surface area (TPSA) is 86.4 Å². The minimum atomic E-state index is -0.338. The summed E-state index contributed by atoms with van der Waals surface area (Å²) in [7, 11) is 1.34. The van der Waals surface area contributed by atoms with Gasteiger partial charge in [-0.2, -0.15) is 4.98 Å². The molecule has 0 spiro atoms. The summed E-state index contributed by atoms with van der Waals surface area (Å²) < 4.78 is 6.06. The average Bonchev–Trinajstić information content (AvgIpc) is 2.84. The molecule has 0 aliphatic heterocycles. The highest BCUT2D eigenvalue weighted by atomic mass is 32.2. The van der Waals surface area contributed by atoms with Crippen LogP contribution in [0.1, 0.15) is 29.4 Å². The Kier molecular flexibility index (Phi) is 3.62. The number of Topliss-reactive ketones (excluding diaryl/α,β-unsaturated/α-hetero) is 1. The highest BCUT2D eigenvalue weighted by molar-refractivity contribution is 7.99. The lowest BCUT2D eigenvalue weighted by atomic mass is 9.88. The largest absolute Gasteiger partial charge is 0.468 e. The number of carbonyl (C=O) groups is 2. The molecule has 1 atom stereocenters. The fourth-order valence-corrected chi connectivity index (χ4v) is 2.95. The Morgan fingerprint density at radius 3 is 3.05 bits per heavy atom. The molecule has 3 rings (SSSR count). The van der Waals surface area contributed by atoms with Gasteiger partial charge in [-0.25, -0.2) is 9.50 Å². The molecule has 2 aromatic rings. The zero-order valence-electron chi connectivity index (χ0n) is 11.7. The summed E-state index contributed by atoms with van der Waals surface area (Å²) in [6, 6.07) is 0. The first-order valence-corrected chi connectivity index (χ1v) is 7.54. The third-order valence-electron chi connectivity index (χ3n) is 3.31. The second-order valence-electron chi connectivity index (χ2n) is 5.04. The Bertz CT molecular complexity index is 728. The van der Waals surface area contributed by atoms with Gasteiger partial charge < -0.3 is 4.74 Å². The Morgan fingerprint density at radius 2 is 2.29 bits per heavy atom. The Hall–Kier alpha value is -1.96. The number of thioether (sulfide) groups is 1. The molecular formula is C13H14N4O3S. The lowest BCUT2D eigenvalue weighted by Gasteiger charge is -2.18. The summed E-state index contributed by atoms with van der Waals surface area (Å²) in [5, 5.41) is 4.67. The second kappa shape index (κ2) is 5.44. The molecule has 0 saturated heterocycles. The molecule has 0 saturated carbocycles. The Labute approximate surface area is 125 Å². The van der Waals surface area contributed by atoms with Gasteiger partial charge in [0.2, 0.25) is 5.16 Å². The number of esters is 1. The molecule has 0 radical (unpaired) electrons. The molecule has 0 N–H and O–H groups in total. The highest BCUT2D eigenvalue weighted by Gasteiger charge is 2.25. The first-order chi connectivity index (χ1) is 10.1. The molecule has 0 aromatic carbocycles. The third-order valence-corrected chi connectivity index (χ3v) is 4.13. The van der Waals surface area contributed by atoms with Gasteiger partial charge in [0.15, 0.2) is 5.78 Å². The molecule has 0 amide bonds. The summed E-state index contributed by atoms with van der Waals surface area (Å²) in [6.07, 6.45) is 3.00. The first-order valence-electron chi connectivity index (χ1n) is 6.56. The lowest BCUT2D eigenvalue weighted by Crippen LogP contribution is -2.20. The molecule has 21 heavy (non-hydrogen) atoms. The van der Waals surface area contributed by atoms with E-state index in [1.807, 2.05) is 6.92 Å². The van der Waals surface area contributed by atoms with E-state index in [1.165, 1.54) is 23.4 Å². The van der Waals surface area contributed by atoms with Gasteiger partial charge in [-0.15, -0.1) is 5.10 Å². The van der Waals surface area contributed by atoms with E-state index in [-0.39, 0.29) is 17.5 Å². The van der Waals surface area contributed by atoms with E-state index >= 15 is 0 Å². The maximum absolute atomic E-state index is 12.0. The molecule has 0 fully saturated rings. The van der Waals surface area contributed by atoms with Crippen LogP contribution in [-0.2, 0) is 16.0 Å². The van der Waals surface area contributed by atoms with Crippen molar-refractivity contribution in [2.45, 2.75) is 24.9 Å². The van der Waals surface area contributed by atoms with E-state index in [1.54, 1.807) is 6.20 Å². The van der Waals surface area contributed by atoms with Crippen molar-refractivity contribution in [1.29, 1.82) is 0 Å². The normalized spacial score (nSPS) is 17.8. The van der Waals surface area contributed by atoms with Crippen LogP contribution in [0.3, 0.4) is 0 Å². The quantitative estimate of drug-likeness (QED) is 0.621. The maximum atomic E-state index is 12.0. The van der Waals surface area contributed by atoms with Crippen LogP contribution in [0.15, 0.2) is 11.4 Å². The Balaban J connectivity index is 1.92. The van der Waals surface area contributed by atoms with Crippen LogP contribution >= 0.6 is 11.8 Å². The predicted molar refractivity (Wildman–Crippen MR) is 75.3 cm³/mol. The SMILES string of the molecule is COC(=O)CSc1nc2nc3c(cn2n1)C(=O)CC(C)C3. The smallest absolute Gasteiger partial charge is 0.316 e. The minimum Gasteiger partial charge on any atom is -0.468 e. The van der Waals surface area contributed by atoms with Gasteiger partial charge in [0.1, 0.15) is 0 Å². The number of ketones is 1. The number of hydrogen-bond acceptors (Lipinski definition) is 7. The van der Waals surface area contributed by atoms with Crippen molar-refractivity contribution < 1.29 is 14.3 Å². The Morgan fingerprint density at radius 1 is 1.48 bits per heavy atom. The van der Waals surface area contributed by atoms with Crippen molar-refractivity contribution in [2.24, 2.45) is 5.92 Å². The van der Waals surface area contributed by atoms with Crippen LogP contribution in [0.25, 0.3) is 5.78 Å². The van der Waals surface area contributed by atoms with Gasteiger partial charge in [0.25, 0.3) is 5.78 Å². The fourth-order valence-electron chi connectivity index (χ4n) is 2.30. The van der Waals surface area contributed by atoms with Crippen molar-refractivity contribution in [3.05, 3.63) is 17.5 Å². The van der Waals surface area contributed by atoms with Gasteiger partial charge in [0, 0.05) is 12.6 Å². The monoisotopic (exact) mass is 306 g/mol. The second-order valence-corrected chi connectivity index (χ2v) is 5.98. The molecule has 1 aliphatic carbocycles. The summed E-state index contributed by atoms with van der Waals surface area (Å²) >= 11 is 1.18. The average molecular weight is 306 g/mol. The van der Waals surface area contributed by atoms with Crippen molar-refractivity contribution in [2.75, 3.05) is 12.9 Å². The van der Waals surface area contributed by atoms with E-state index in [4.69, 9.17) is 0 Å². The number of fused-ring (bicyclic) bond motifs is 2. The van der Waals surface area contributed by atoms with Gasteiger partial charge >= 0.3 is 5.97 Å². The zero-order valence-corrected chi connectivity index (χ0v) is 12.5. The number of hydrogen-bond donors (Lipinski definition) is 0. The van der Waals surface area contributed by atoms with Crippen molar-refractivity contribution in [3.63, 3.8) is 0 Å². The standard InChI is InChI=1S/C13H14N4O3S/c1-7-3-9-8(10(18)4-7)5-17-12(14-9)15-13(16-17)21-6-11(19)20-2/h5,7H,3-4,6H2,1-2H3. The summed E-state index contributed by atoms with van der Waals surface area (Å²) in [4.78, 5) is 31.8. The minimum absolute atomic E-state index is 0.0948.